The zero-order chi connectivity index (χ0) is 21.1. The van der Waals surface area contributed by atoms with Gasteiger partial charge < -0.3 is 14.6 Å². The monoisotopic (exact) mass is 436 g/mol. The molecule has 3 fully saturated rings. The first-order valence-corrected chi connectivity index (χ1v) is 10.7. The molecule has 1 aromatic rings. The molecule has 29 heavy (non-hydrogen) atoms. The highest BCUT2D eigenvalue weighted by atomic mass is 32.1. The number of halogens is 3. The summed E-state index contributed by atoms with van der Waals surface area (Å²) < 4.78 is 43.7. The average molecular weight is 436 g/mol. The Hall–Kier alpha value is -1.23. The number of carboxylic acids is 1. The summed E-state index contributed by atoms with van der Waals surface area (Å²) in [5.41, 5.74) is 3.26. The molecular formula is C19H27F3N2O4S. The third-order valence-corrected chi connectivity index (χ3v) is 6.62. The van der Waals surface area contributed by atoms with Crippen LogP contribution in [0.4, 0.5) is 13.2 Å². The van der Waals surface area contributed by atoms with Crippen molar-refractivity contribution in [2.45, 2.75) is 50.9 Å². The lowest BCUT2D eigenvalue weighted by atomic mass is 9.79. The molecule has 0 amide bonds. The first kappa shape index (κ1) is 22.5. The number of aromatic nitrogens is 1. The molecule has 0 aromatic carbocycles. The third kappa shape index (κ3) is 6.13. The molecule has 2 saturated heterocycles. The van der Waals surface area contributed by atoms with Crippen LogP contribution in [0.5, 0.6) is 0 Å². The van der Waals surface area contributed by atoms with E-state index in [2.05, 4.69) is 16.8 Å². The van der Waals surface area contributed by atoms with Gasteiger partial charge in [-0.05, 0) is 44.4 Å². The zero-order valence-corrected chi connectivity index (χ0v) is 17.2. The van der Waals surface area contributed by atoms with Gasteiger partial charge in [-0.2, -0.15) is 13.2 Å². The van der Waals surface area contributed by atoms with Crippen LogP contribution in [0, 0.1) is 18.8 Å². The van der Waals surface area contributed by atoms with Gasteiger partial charge in [0.2, 0.25) is 0 Å². The van der Waals surface area contributed by atoms with Gasteiger partial charge in [0, 0.05) is 44.3 Å². The molecule has 1 saturated carbocycles. The first-order valence-electron chi connectivity index (χ1n) is 9.83. The van der Waals surface area contributed by atoms with Gasteiger partial charge in [-0.15, -0.1) is 11.3 Å². The lowest BCUT2D eigenvalue weighted by Crippen LogP contribution is -2.64. The Labute approximate surface area is 172 Å². The summed E-state index contributed by atoms with van der Waals surface area (Å²) in [6, 6.07) is 0. The van der Waals surface area contributed by atoms with Crippen LogP contribution in [0.1, 0.15) is 36.3 Å². The fourth-order valence-electron chi connectivity index (χ4n) is 3.81. The molecule has 1 N–H and O–H groups in total. The van der Waals surface area contributed by atoms with Crippen molar-refractivity contribution in [3.05, 3.63) is 16.1 Å². The quantitative estimate of drug-likeness (QED) is 0.660. The Morgan fingerprint density at radius 2 is 2.10 bits per heavy atom. The largest absolute Gasteiger partial charge is 0.490 e. The smallest absolute Gasteiger partial charge is 0.475 e. The summed E-state index contributed by atoms with van der Waals surface area (Å²) in [5, 5.41) is 7.12. The number of hydrogen-bond donors (Lipinski definition) is 1. The first-order chi connectivity index (χ1) is 13.7. The number of carboxylic acid groups (broad SMARTS) is 1. The van der Waals surface area contributed by atoms with E-state index < -0.39 is 12.1 Å². The Morgan fingerprint density at radius 1 is 1.41 bits per heavy atom. The second-order valence-electron chi connectivity index (χ2n) is 8.01. The fraction of sp³-hybridized carbons (Fsp3) is 0.789. The number of rotatable bonds is 7. The molecule has 1 aliphatic carbocycles. The molecule has 4 rings (SSSR count). The van der Waals surface area contributed by atoms with Crippen molar-refractivity contribution < 1.29 is 32.5 Å². The van der Waals surface area contributed by atoms with Crippen molar-refractivity contribution in [1.82, 2.24) is 9.88 Å². The van der Waals surface area contributed by atoms with Gasteiger partial charge in [0.25, 0.3) is 0 Å². The Morgan fingerprint density at radius 3 is 2.66 bits per heavy atom. The molecule has 0 radical (unpaired) electrons. The molecule has 1 atom stereocenters. The molecule has 2 aliphatic heterocycles. The standard InChI is InChI=1S/C17H26N2O2S.C2HF3O2/c1-13-16(22-12-18-13)8-19-10-17(11-19)15(5-7-21-17)4-6-20-9-14-2-3-14;3-2(4,5)1(6)7/h12,14-15H,2-11H2,1H3;(H,6,7). The van der Waals surface area contributed by atoms with Gasteiger partial charge in [0.15, 0.2) is 0 Å². The van der Waals surface area contributed by atoms with E-state index in [9.17, 15) is 13.2 Å². The highest BCUT2D eigenvalue weighted by Crippen LogP contribution is 2.42. The number of thiazole rings is 1. The number of hydrogen-bond acceptors (Lipinski definition) is 6. The summed E-state index contributed by atoms with van der Waals surface area (Å²) in [5.74, 6) is -1.20. The Kier molecular flexibility index (Phi) is 7.19. The van der Waals surface area contributed by atoms with Crippen LogP contribution >= 0.6 is 11.3 Å². The van der Waals surface area contributed by atoms with Crippen LogP contribution in [0.3, 0.4) is 0 Å². The summed E-state index contributed by atoms with van der Waals surface area (Å²) in [6.07, 6.45) is 0.0468. The molecule has 1 aromatic heterocycles. The van der Waals surface area contributed by atoms with Crippen LogP contribution in [0.25, 0.3) is 0 Å². The summed E-state index contributed by atoms with van der Waals surface area (Å²) in [6.45, 7) is 8.13. The van der Waals surface area contributed by atoms with Crippen LogP contribution in [-0.2, 0) is 20.8 Å². The number of aliphatic carboxylic acids is 1. The maximum Gasteiger partial charge on any atom is 0.490 e. The van der Waals surface area contributed by atoms with E-state index in [0.717, 1.165) is 45.4 Å². The second-order valence-corrected chi connectivity index (χ2v) is 8.95. The number of ether oxygens (including phenoxy) is 2. The van der Waals surface area contributed by atoms with Crippen LogP contribution in [-0.4, -0.2) is 65.6 Å². The van der Waals surface area contributed by atoms with E-state index in [1.807, 2.05) is 5.51 Å². The van der Waals surface area contributed by atoms with Crippen molar-refractivity contribution in [1.29, 1.82) is 0 Å². The number of likely N-dealkylation sites (tertiary alicyclic amines) is 1. The van der Waals surface area contributed by atoms with Gasteiger partial charge in [0.05, 0.1) is 16.8 Å². The van der Waals surface area contributed by atoms with Crippen molar-refractivity contribution in [2.75, 3.05) is 32.9 Å². The van der Waals surface area contributed by atoms with Crippen molar-refractivity contribution in [3.63, 3.8) is 0 Å². The van der Waals surface area contributed by atoms with Crippen LogP contribution < -0.4 is 0 Å². The van der Waals surface area contributed by atoms with E-state index in [1.165, 1.54) is 36.3 Å². The van der Waals surface area contributed by atoms with E-state index >= 15 is 0 Å². The summed E-state index contributed by atoms with van der Waals surface area (Å²) in [4.78, 5) is 17.1. The van der Waals surface area contributed by atoms with Crippen molar-refractivity contribution in [2.24, 2.45) is 11.8 Å². The Balaban J connectivity index is 0.000000298. The van der Waals surface area contributed by atoms with E-state index in [-0.39, 0.29) is 5.60 Å². The van der Waals surface area contributed by atoms with Crippen molar-refractivity contribution >= 4 is 17.3 Å². The number of alkyl halides is 3. The van der Waals surface area contributed by atoms with E-state index in [0.29, 0.717) is 5.92 Å². The van der Waals surface area contributed by atoms with Gasteiger partial charge in [0.1, 0.15) is 0 Å². The average Bonchev–Trinajstić information content (AvgIpc) is 3.21. The van der Waals surface area contributed by atoms with Gasteiger partial charge in [-0.1, -0.05) is 0 Å². The second kappa shape index (κ2) is 9.28. The highest BCUT2D eigenvalue weighted by Gasteiger charge is 2.52. The van der Waals surface area contributed by atoms with Crippen LogP contribution in [0.15, 0.2) is 5.51 Å². The Bertz CT molecular complexity index is 687. The normalized spacial score (nSPS) is 23.5. The number of aryl methyl sites for hydroxylation is 1. The molecule has 1 unspecified atom stereocenters. The molecule has 3 aliphatic rings. The highest BCUT2D eigenvalue weighted by molar-refractivity contribution is 7.09. The van der Waals surface area contributed by atoms with E-state index in [4.69, 9.17) is 19.4 Å². The maximum atomic E-state index is 10.6. The predicted molar refractivity (Wildman–Crippen MR) is 101 cm³/mol. The molecule has 1 spiro atoms. The topological polar surface area (TPSA) is 71.9 Å². The van der Waals surface area contributed by atoms with Gasteiger partial charge in [-0.25, -0.2) is 9.78 Å². The van der Waals surface area contributed by atoms with Gasteiger partial charge in [-0.3, -0.25) is 4.90 Å². The molecular weight excluding hydrogens is 409 g/mol. The van der Waals surface area contributed by atoms with Gasteiger partial charge >= 0.3 is 12.1 Å². The van der Waals surface area contributed by atoms with Crippen LogP contribution in [0.2, 0.25) is 0 Å². The van der Waals surface area contributed by atoms with Crippen molar-refractivity contribution in [3.8, 4) is 0 Å². The molecule has 0 bridgehead atoms. The fourth-order valence-corrected chi connectivity index (χ4v) is 4.62. The summed E-state index contributed by atoms with van der Waals surface area (Å²) in [7, 11) is 0. The molecule has 10 heteroatoms. The zero-order valence-electron chi connectivity index (χ0n) is 16.4. The predicted octanol–water partition coefficient (Wildman–Crippen LogP) is 3.49. The number of carbonyl (C=O) groups is 1. The lowest BCUT2D eigenvalue weighted by molar-refractivity contribution is -0.192. The molecule has 3 heterocycles. The molecule has 6 nitrogen and oxygen atoms in total. The number of nitrogens with zero attached hydrogens (tertiary/aromatic N) is 2. The lowest BCUT2D eigenvalue weighted by Gasteiger charge is -2.50. The molecule has 164 valence electrons. The minimum absolute atomic E-state index is 0.127. The van der Waals surface area contributed by atoms with E-state index in [1.54, 1.807) is 11.3 Å². The minimum Gasteiger partial charge on any atom is -0.475 e. The minimum atomic E-state index is -5.08. The third-order valence-electron chi connectivity index (χ3n) is 5.70. The summed E-state index contributed by atoms with van der Waals surface area (Å²) >= 11 is 1.77. The SMILES string of the molecule is Cc1ncsc1CN1CC2(C1)OCCC2CCOCC1CC1.O=C(O)C(F)(F)F. The maximum absolute atomic E-state index is 10.6.